The van der Waals surface area contributed by atoms with E-state index in [1.165, 1.54) is 11.8 Å². The standard InChI is InChI=1S/C13H12ClN3OS/c1-8-6-9(13(15)17-18)7-12(16-8)19-11-4-2-10(14)3-5-11/h2-7,18H,1H3,(H2,15,17). The van der Waals surface area contributed by atoms with Crippen LogP contribution in [-0.4, -0.2) is 16.0 Å². The topological polar surface area (TPSA) is 71.5 Å². The van der Waals surface area contributed by atoms with Crippen molar-refractivity contribution in [1.82, 2.24) is 4.98 Å². The lowest BCUT2D eigenvalue weighted by Crippen LogP contribution is -2.13. The minimum atomic E-state index is 0.0726. The van der Waals surface area contributed by atoms with Gasteiger partial charge < -0.3 is 10.9 Å². The lowest BCUT2D eigenvalue weighted by molar-refractivity contribution is 0.318. The average molecular weight is 294 g/mol. The van der Waals surface area contributed by atoms with Crippen LogP contribution < -0.4 is 5.73 Å². The van der Waals surface area contributed by atoms with Crippen molar-refractivity contribution < 1.29 is 5.21 Å². The zero-order valence-electron chi connectivity index (χ0n) is 10.2. The van der Waals surface area contributed by atoms with Gasteiger partial charge >= 0.3 is 0 Å². The van der Waals surface area contributed by atoms with Crippen molar-refractivity contribution in [3.63, 3.8) is 0 Å². The van der Waals surface area contributed by atoms with Crippen molar-refractivity contribution in [2.45, 2.75) is 16.8 Å². The summed E-state index contributed by atoms with van der Waals surface area (Å²) in [7, 11) is 0. The smallest absolute Gasteiger partial charge is 0.170 e. The maximum atomic E-state index is 8.71. The zero-order chi connectivity index (χ0) is 13.8. The number of nitrogens with two attached hydrogens (primary N) is 1. The van der Waals surface area contributed by atoms with E-state index in [9.17, 15) is 0 Å². The van der Waals surface area contributed by atoms with Gasteiger partial charge in [-0.05, 0) is 43.3 Å². The van der Waals surface area contributed by atoms with Crippen molar-refractivity contribution >= 4 is 29.2 Å². The fourth-order valence-electron chi connectivity index (χ4n) is 1.52. The van der Waals surface area contributed by atoms with Crippen molar-refractivity contribution in [2.24, 2.45) is 10.9 Å². The van der Waals surface area contributed by atoms with Gasteiger partial charge in [0.05, 0.1) is 0 Å². The molecule has 19 heavy (non-hydrogen) atoms. The summed E-state index contributed by atoms with van der Waals surface area (Å²) in [4.78, 5) is 5.43. The van der Waals surface area contributed by atoms with Crippen molar-refractivity contribution in [2.75, 3.05) is 0 Å². The Balaban J connectivity index is 2.30. The van der Waals surface area contributed by atoms with Crippen LogP contribution in [0.15, 0.2) is 51.5 Å². The largest absolute Gasteiger partial charge is 0.409 e. The minimum absolute atomic E-state index is 0.0726. The van der Waals surface area contributed by atoms with E-state index in [0.717, 1.165) is 15.6 Å². The molecule has 3 N–H and O–H groups in total. The summed E-state index contributed by atoms with van der Waals surface area (Å²) >= 11 is 7.33. The molecule has 98 valence electrons. The van der Waals surface area contributed by atoms with Crippen LogP contribution in [0.4, 0.5) is 0 Å². The second kappa shape index (κ2) is 5.95. The number of aromatic nitrogens is 1. The number of hydrogen-bond donors (Lipinski definition) is 2. The molecule has 0 aliphatic rings. The van der Waals surface area contributed by atoms with Gasteiger partial charge in [-0.3, -0.25) is 0 Å². The lowest BCUT2D eigenvalue weighted by atomic mass is 10.2. The zero-order valence-corrected chi connectivity index (χ0v) is 11.7. The van der Waals surface area contributed by atoms with E-state index >= 15 is 0 Å². The number of halogens is 1. The third-order valence-corrected chi connectivity index (χ3v) is 3.55. The molecule has 1 aromatic carbocycles. The average Bonchev–Trinajstić information content (AvgIpc) is 2.40. The highest BCUT2D eigenvalue weighted by Gasteiger charge is 2.06. The van der Waals surface area contributed by atoms with E-state index in [1.54, 1.807) is 12.1 Å². The van der Waals surface area contributed by atoms with Gasteiger partial charge in [0.15, 0.2) is 5.84 Å². The summed E-state index contributed by atoms with van der Waals surface area (Å²) in [5, 5.41) is 13.2. The third-order valence-electron chi connectivity index (χ3n) is 2.37. The first-order valence-corrected chi connectivity index (χ1v) is 6.68. The summed E-state index contributed by atoms with van der Waals surface area (Å²) in [6.07, 6.45) is 0. The first-order valence-electron chi connectivity index (χ1n) is 5.48. The molecule has 0 unspecified atom stereocenters. The number of nitrogens with zero attached hydrogens (tertiary/aromatic N) is 2. The highest BCUT2D eigenvalue weighted by Crippen LogP contribution is 2.28. The monoisotopic (exact) mass is 293 g/mol. The van der Waals surface area contributed by atoms with Crippen LogP contribution in [0.5, 0.6) is 0 Å². The molecule has 2 rings (SSSR count). The molecule has 1 heterocycles. The summed E-state index contributed by atoms with van der Waals surface area (Å²) in [6.45, 7) is 1.86. The molecule has 6 heteroatoms. The van der Waals surface area contributed by atoms with Crippen LogP contribution in [0.2, 0.25) is 5.02 Å². The Kier molecular flexibility index (Phi) is 4.29. The van der Waals surface area contributed by atoms with Crippen LogP contribution in [0.3, 0.4) is 0 Å². The molecule has 1 aromatic heterocycles. The SMILES string of the molecule is Cc1cc(/C(N)=N/O)cc(Sc2ccc(Cl)cc2)n1. The van der Waals surface area contributed by atoms with E-state index in [1.807, 2.05) is 31.2 Å². The van der Waals surface area contributed by atoms with Gasteiger partial charge in [0.2, 0.25) is 0 Å². The number of rotatable bonds is 3. The van der Waals surface area contributed by atoms with E-state index in [2.05, 4.69) is 10.1 Å². The predicted octanol–water partition coefficient (Wildman–Crippen LogP) is 3.29. The highest BCUT2D eigenvalue weighted by molar-refractivity contribution is 7.99. The van der Waals surface area contributed by atoms with Gasteiger partial charge in [0.25, 0.3) is 0 Å². The molecule has 0 aliphatic heterocycles. The molecule has 0 radical (unpaired) electrons. The van der Waals surface area contributed by atoms with Gasteiger partial charge in [-0.1, -0.05) is 28.5 Å². The second-order valence-electron chi connectivity index (χ2n) is 3.88. The Morgan fingerprint density at radius 2 is 2.00 bits per heavy atom. The normalized spacial score (nSPS) is 11.6. The van der Waals surface area contributed by atoms with Crippen molar-refractivity contribution in [3.05, 3.63) is 52.7 Å². The molecule has 0 atom stereocenters. The van der Waals surface area contributed by atoms with E-state index in [0.29, 0.717) is 10.6 Å². The van der Waals surface area contributed by atoms with Gasteiger partial charge in [-0.2, -0.15) is 0 Å². The number of aryl methyl sites for hydroxylation is 1. The van der Waals surface area contributed by atoms with Crippen LogP contribution in [-0.2, 0) is 0 Å². The second-order valence-corrected chi connectivity index (χ2v) is 5.41. The van der Waals surface area contributed by atoms with Crippen molar-refractivity contribution in [1.29, 1.82) is 0 Å². The van der Waals surface area contributed by atoms with Crippen molar-refractivity contribution in [3.8, 4) is 0 Å². The quantitative estimate of drug-likeness (QED) is 0.394. The Morgan fingerprint density at radius 1 is 1.32 bits per heavy atom. The number of benzene rings is 1. The van der Waals surface area contributed by atoms with Gasteiger partial charge in [0, 0.05) is 21.2 Å². The molecule has 2 aromatic rings. The first-order chi connectivity index (χ1) is 9.08. The number of amidine groups is 1. The van der Waals surface area contributed by atoms with E-state index in [4.69, 9.17) is 22.5 Å². The molecule has 0 saturated carbocycles. The maximum absolute atomic E-state index is 8.71. The van der Waals surface area contributed by atoms with Crippen LogP contribution in [0.1, 0.15) is 11.3 Å². The Hall–Kier alpha value is -1.72. The molecule has 0 spiro atoms. The summed E-state index contributed by atoms with van der Waals surface area (Å²) in [5.74, 6) is 0.0726. The minimum Gasteiger partial charge on any atom is -0.409 e. The highest BCUT2D eigenvalue weighted by atomic mass is 35.5. The molecule has 0 amide bonds. The number of pyridine rings is 1. The summed E-state index contributed by atoms with van der Waals surface area (Å²) < 4.78 is 0. The Bertz CT molecular complexity index is 614. The maximum Gasteiger partial charge on any atom is 0.170 e. The molecule has 4 nitrogen and oxygen atoms in total. The lowest BCUT2D eigenvalue weighted by Gasteiger charge is -2.05. The van der Waals surface area contributed by atoms with Crippen LogP contribution >= 0.6 is 23.4 Å². The Morgan fingerprint density at radius 3 is 2.63 bits per heavy atom. The molecule has 0 fully saturated rings. The fraction of sp³-hybridized carbons (Fsp3) is 0.0769. The van der Waals surface area contributed by atoms with Gasteiger partial charge in [-0.15, -0.1) is 0 Å². The van der Waals surface area contributed by atoms with Gasteiger partial charge in [-0.25, -0.2) is 4.98 Å². The molecule has 0 saturated heterocycles. The third kappa shape index (κ3) is 3.62. The van der Waals surface area contributed by atoms with E-state index in [-0.39, 0.29) is 5.84 Å². The van der Waals surface area contributed by atoms with E-state index < -0.39 is 0 Å². The summed E-state index contributed by atoms with van der Waals surface area (Å²) in [5.41, 5.74) is 7.04. The van der Waals surface area contributed by atoms with Gasteiger partial charge in [0.1, 0.15) is 5.03 Å². The first kappa shape index (κ1) is 13.7. The number of hydrogen-bond acceptors (Lipinski definition) is 4. The number of oxime groups is 1. The molecule has 0 aliphatic carbocycles. The van der Waals surface area contributed by atoms with Crippen LogP contribution in [0.25, 0.3) is 0 Å². The molecular formula is C13H12ClN3OS. The molecular weight excluding hydrogens is 282 g/mol. The predicted molar refractivity (Wildman–Crippen MR) is 77.1 cm³/mol. The summed E-state index contributed by atoms with van der Waals surface area (Å²) in [6, 6.07) is 11.0. The fourth-order valence-corrected chi connectivity index (χ4v) is 2.53. The van der Waals surface area contributed by atoms with Crippen LogP contribution in [0, 0.1) is 6.92 Å². The molecule has 0 bridgehead atoms. The Labute approximate surface area is 120 Å².